The number of nitrogen functional groups attached to an aromatic ring is 1. The number of benzene rings is 1. The third kappa shape index (κ3) is 2.56. The summed E-state index contributed by atoms with van der Waals surface area (Å²) >= 11 is 0. The van der Waals surface area contributed by atoms with Crippen LogP contribution in [0.2, 0.25) is 0 Å². The third-order valence-electron chi connectivity index (χ3n) is 3.24. The first kappa shape index (κ1) is 14.6. The van der Waals surface area contributed by atoms with E-state index in [2.05, 4.69) is 10.4 Å². The van der Waals surface area contributed by atoms with Crippen molar-refractivity contribution in [3.8, 4) is 0 Å². The topological polar surface area (TPSA) is 50.9 Å². The van der Waals surface area contributed by atoms with Crippen LogP contribution in [0, 0.1) is 6.92 Å². The second-order valence-electron chi connectivity index (χ2n) is 4.70. The van der Waals surface area contributed by atoms with Crippen molar-refractivity contribution in [1.29, 1.82) is 0 Å². The van der Waals surface area contributed by atoms with Crippen molar-refractivity contribution >= 4 is 16.6 Å². The Bertz CT molecular complexity index is 636. The molecule has 0 aliphatic rings. The van der Waals surface area contributed by atoms with Gasteiger partial charge in [0.25, 0.3) is 0 Å². The summed E-state index contributed by atoms with van der Waals surface area (Å²) in [6.45, 7) is 3.42. The zero-order valence-corrected chi connectivity index (χ0v) is 11.3. The maximum atomic E-state index is 13.0. The Labute approximate surface area is 115 Å². The van der Waals surface area contributed by atoms with Crippen molar-refractivity contribution in [2.75, 3.05) is 5.43 Å². The molecule has 0 aliphatic carbocycles. The summed E-state index contributed by atoms with van der Waals surface area (Å²) in [5, 5.41) is 0.615. The number of anilines is 1. The van der Waals surface area contributed by atoms with Crippen LogP contribution in [0.15, 0.2) is 18.2 Å². The quantitative estimate of drug-likeness (QED) is 0.665. The number of hydrazine groups is 1. The fourth-order valence-electron chi connectivity index (χ4n) is 2.31. The molecule has 20 heavy (non-hydrogen) atoms. The summed E-state index contributed by atoms with van der Waals surface area (Å²) in [5.41, 5.74) is 3.11. The molecule has 0 saturated carbocycles. The third-order valence-corrected chi connectivity index (χ3v) is 3.24. The molecule has 1 aromatic carbocycles. The number of aryl methyl sites for hydroxylation is 1. The van der Waals surface area contributed by atoms with Gasteiger partial charge in [-0.25, -0.2) is 4.98 Å². The largest absolute Gasteiger partial charge is 0.433 e. The molecule has 0 bridgehead atoms. The number of hydrogen-bond donors (Lipinski definition) is 2. The minimum absolute atomic E-state index is 0.0150. The molecule has 0 aliphatic heterocycles. The van der Waals surface area contributed by atoms with Gasteiger partial charge in [0, 0.05) is 10.9 Å². The number of alkyl halides is 3. The highest BCUT2D eigenvalue weighted by atomic mass is 19.4. The van der Waals surface area contributed by atoms with Gasteiger partial charge in [-0.05, 0) is 31.0 Å². The average Bonchev–Trinajstić information content (AvgIpc) is 2.37. The van der Waals surface area contributed by atoms with Gasteiger partial charge in [0.05, 0.1) is 11.2 Å². The van der Waals surface area contributed by atoms with Crippen LogP contribution < -0.4 is 11.3 Å². The lowest BCUT2D eigenvalue weighted by atomic mass is 10.0. The molecule has 0 radical (unpaired) electrons. The van der Waals surface area contributed by atoms with Gasteiger partial charge in [-0.15, -0.1) is 0 Å². The number of fused-ring (bicyclic) bond motifs is 1. The lowest BCUT2D eigenvalue weighted by Gasteiger charge is -2.16. The highest BCUT2D eigenvalue weighted by Gasteiger charge is 2.36. The maximum absolute atomic E-state index is 13.0. The van der Waals surface area contributed by atoms with E-state index in [1.807, 2.05) is 13.0 Å². The lowest BCUT2D eigenvalue weighted by Crippen LogP contribution is -2.16. The molecule has 3 N–H and O–H groups in total. The number of halogens is 3. The second-order valence-corrected chi connectivity index (χ2v) is 4.70. The maximum Gasteiger partial charge on any atom is 0.433 e. The molecule has 0 fully saturated rings. The molecule has 0 spiro atoms. The zero-order chi connectivity index (χ0) is 14.9. The summed E-state index contributed by atoms with van der Waals surface area (Å²) in [5.74, 6) is 5.41. The highest BCUT2D eigenvalue weighted by Crippen LogP contribution is 2.36. The molecule has 2 aromatic rings. The molecule has 0 saturated heterocycles. The predicted octanol–water partition coefficient (Wildman–Crippen LogP) is 3.80. The van der Waals surface area contributed by atoms with Crippen molar-refractivity contribution < 1.29 is 13.2 Å². The first-order valence-electron chi connectivity index (χ1n) is 6.35. The summed E-state index contributed by atoms with van der Waals surface area (Å²) in [7, 11) is 0. The Morgan fingerprint density at radius 2 is 2.00 bits per heavy atom. The number of aromatic nitrogens is 1. The van der Waals surface area contributed by atoms with Gasteiger partial charge >= 0.3 is 6.18 Å². The molecule has 0 atom stereocenters. The van der Waals surface area contributed by atoms with Crippen LogP contribution in [0.4, 0.5) is 18.9 Å². The number of pyridine rings is 1. The number of nitrogens with zero attached hydrogens (tertiary/aromatic N) is 1. The summed E-state index contributed by atoms with van der Waals surface area (Å²) in [6, 6.07) is 5.25. The number of rotatable bonds is 3. The number of nitrogens with two attached hydrogens (primary N) is 1. The number of hydrogen-bond acceptors (Lipinski definition) is 3. The molecule has 6 heteroatoms. The average molecular weight is 283 g/mol. The van der Waals surface area contributed by atoms with Gasteiger partial charge < -0.3 is 5.43 Å². The van der Waals surface area contributed by atoms with E-state index in [0.717, 1.165) is 18.4 Å². The lowest BCUT2D eigenvalue weighted by molar-refractivity contribution is -0.141. The zero-order valence-electron chi connectivity index (χ0n) is 11.3. The summed E-state index contributed by atoms with van der Waals surface area (Å²) in [4.78, 5) is 3.74. The number of nitrogens with one attached hydrogen (secondary N) is 1. The summed E-state index contributed by atoms with van der Waals surface area (Å²) in [6.07, 6.45) is -2.67. The van der Waals surface area contributed by atoms with Crippen molar-refractivity contribution in [2.45, 2.75) is 32.9 Å². The van der Waals surface area contributed by atoms with Gasteiger partial charge in [-0.3, -0.25) is 5.84 Å². The van der Waals surface area contributed by atoms with E-state index < -0.39 is 11.9 Å². The molecule has 2 rings (SSSR count). The van der Waals surface area contributed by atoms with Crippen LogP contribution in [0.1, 0.15) is 30.2 Å². The Morgan fingerprint density at radius 1 is 1.30 bits per heavy atom. The van der Waals surface area contributed by atoms with Crippen molar-refractivity contribution in [1.82, 2.24) is 4.98 Å². The van der Waals surface area contributed by atoms with Crippen LogP contribution in [-0.2, 0) is 12.6 Å². The summed E-state index contributed by atoms with van der Waals surface area (Å²) < 4.78 is 38.9. The molecular formula is C14H16F3N3. The molecule has 108 valence electrons. The van der Waals surface area contributed by atoms with Gasteiger partial charge in [0.1, 0.15) is 5.69 Å². The van der Waals surface area contributed by atoms with Gasteiger partial charge in [-0.1, -0.05) is 19.4 Å². The van der Waals surface area contributed by atoms with Gasteiger partial charge in [0.2, 0.25) is 0 Å². The van der Waals surface area contributed by atoms with Gasteiger partial charge in [-0.2, -0.15) is 13.2 Å². The van der Waals surface area contributed by atoms with Gasteiger partial charge in [0.15, 0.2) is 0 Å². The minimum atomic E-state index is -4.49. The normalized spacial score (nSPS) is 11.9. The van der Waals surface area contributed by atoms with E-state index >= 15 is 0 Å². The standard InChI is InChI=1S/C14H16F3N3/c1-3-4-9-5-6-11-10(7-9)12(20-18)8(2)13(19-11)14(15,16)17/h5-7H,3-4,18H2,1-2H3,(H,19,20). The van der Waals surface area contributed by atoms with Crippen LogP contribution in [0.5, 0.6) is 0 Å². The Hall–Kier alpha value is -1.82. The van der Waals surface area contributed by atoms with Crippen LogP contribution in [0.25, 0.3) is 10.9 Å². The van der Waals surface area contributed by atoms with Crippen LogP contribution in [0.3, 0.4) is 0 Å². The molecule has 1 aromatic heterocycles. The highest BCUT2D eigenvalue weighted by molar-refractivity contribution is 5.93. The smallest absolute Gasteiger partial charge is 0.323 e. The Kier molecular flexibility index (Phi) is 3.85. The fraction of sp³-hybridized carbons (Fsp3) is 0.357. The second kappa shape index (κ2) is 5.28. The van der Waals surface area contributed by atoms with E-state index in [1.54, 1.807) is 12.1 Å². The van der Waals surface area contributed by atoms with E-state index in [9.17, 15) is 13.2 Å². The molecule has 0 unspecified atom stereocenters. The minimum Gasteiger partial charge on any atom is -0.323 e. The molecule has 3 nitrogen and oxygen atoms in total. The molecule has 1 heterocycles. The Balaban J connectivity index is 2.74. The monoisotopic (exact) mass is 283 g/mol. The first-order chi connectivity index (χ1) is 9.38. The van der Waals surface area contributed by atoms with E-state index in [1.165, 1.54) is 6.92 Å². The van der Waals surface area contributed by atoms with Crippen molar-refractivity contribution in [2.24, 2.45) is 5.84 Å². The van der Waals surface area contributed by atoms with E-state index in [0.29, 0.717) is 5.39 Å². The van der Waals surface area contributed by atoms with E-state index in [-0.39, 0.29) is 16.8 Å². The fourth-order valence-corrected chi connectivity index (χ4v) is 2.31. The first-order valence-corrected chi connectivity index (χ1v) is 6.35. The van der Waals surface area contributed by atoms with Crippen LogP contribution in [-0.4, -0.2) is 4.98 Å². The molecule has 0 amide bonds. The van der Waals surface area contributed by atoms with Crippen molar-refractivity contribution in [3.63, 3.8) is 0 Å². The van der Waals surface area contributed by atoms with E-state index in [4.69, 9.17) is 5.84 Å². The Morgan fingerprint density at radius 3 is 2.55 bits per heavy atom. The predicted molar refractivity (Wildman–Crippen MR) is 73.3 cm³/mol. The molecular weight excluding hydrogens is 267 g/mol. The van der Waals surface area contributed by atoms with Crippen LogP contribution >= 0.6 is 0 Å². The SMILES string of the molecule is CCCc1ccc2nc(C(F)(F)F)c(C)c(NN)c2c1. The van der Waals surface area contributed by atoms with Crippen molar-refractivity contribution in [3.05, 3.63) is 35.0 Å².